The van der Waals surface area contributed by atoms with E-state index in [1.807, 2.05) is 13.8 Å². The molecular formula is C26H38O5. The smallest absolute Gasteiger partial charge is 0.333 e. The van der Waals surface area contributed by atoms with Crippen LogP contribution >= 0.6 is 0 Å². The molecule has 2 bridgehead atoms. The molecule has 0 unspecified atom stereocenters. The highest BCUT2D eigenvalue weighted by molar-refractivity contribution is 5.88. The summed E-state index contributed by atoms with van der Waals surface area (Å²) in [5.41, 5.74) is -1.05. The fourth-order valence-electron chi connectivity index (χ4n) is 8.24. The zero-order valence-electron chi connectivity index (χ0n) is 19.8. The van der Waals surface area contributed by atoms with Gasteiger partial charge in [-0.25, -0.2) is 4.79 Å². The number of carbonyl (C=O) groups excluding carboxylic acids is 2. The van der Waals surface area contributed by atoms with Crippen LogP contribution < -0.4 is 0 Å². The van der Waals surface area contributed by atoms with E-state index in [0.717, 1.165) is 50.5 Å². The molecule has 0 aromatic carbocycles. The molecule has 4 aliphatic rings. The molecule has 31 heavy (non-hydrogen) atoms. The van der Waals surface area contributed by atoms with Gasteiger partial charge in [-0.1, -0.05) is 26.0 Å². The molecule has 5 nitrogen and oxygen atoms in total. The number of aliphatic hydroxyl groups is 1. The van der Waals surface area contributed by atoms with Crippen molar-refractivity contribution in [3.05, 3.63) is 23.8 Å². The largest absolute Gasteiger partial charge is 0.469 e. The van der Waals surface area contributed by atoms with Crippen LogP contribution in [-0.4, -0.2) is 35.9 Å². The van der Waals surface area contributed by atoms with Crippen LogP contribution in [0.2, 0.25) is 0 Å². The van der Waals surface area contributed by atoms with Crippen LogP contribution in [0.15, 0.2) is 23.8 Å². The molecule has 4 fully saturated rings. The summed E-state index contributed by atoms with van der Waals surface area (Å²) < 4.78 is 11.3. The Hall–Kier alpha value is -1.62. The summed E-state index contributed by atoms with van der Waals surface area (Å²) in [5.74, 6) is -0.178. The summed E-state index contributed by atoms with van der Waals surface area (Å²) in [5, 5.41) is 12.6. The molecule has 0 amide bonds. The third-order valence-corrected chi connectivity index (χ3v) is 10.0. The average Bonchev–Trinajstić information content (AvgIpc) is 2.97. The van der Waals surface area contributed by atoms with Crippen molar-refractivity contribution in [1.82, 2.24) is 0 Å². The number of hydrogen-bond acceptors (Lipinski definition) is 5. The Bertz CT molecular complexity index is 845. The highest BCUT2D eigenvalue weighted by Crippen LogP contribution is 2.74. The van der Waals surface area contributed by atoms with Crippen molar-refractivity contribution in [2.45, 2.75) is 90.8 Å². The van der Waals surface area contributed by atoms with Crippen molar-refractivity contribution in [3.63, 3.8) is 0 Å². The highest BCUT2D eigenvalue weighted by Gasteiger charge is 2.75. The summed E-state index contributed by atoms with van der Waals surface area (Å²) >= 11 is 0. The molecule has 0 radical (unpaired) electrons. The maximum atomic E-state index is 12.9. The van der Waals surface area contributed by atoms with Crippen LogP contribution in [0.1, 0.15) is 79.1 Å². The first-order chi connectivity index (χ1) is 14.5. The summed E-state index contributed by atoms with van der Waals surface area (Å²) in [6, 6.07) is 0. The number of fused-ring (bicyclic) bond motifs is 3. The average molecular weight is 431 g/mol. The minimum absolute atomic E-state index is 0.0378. The molecule has 0 heterocycles. The van der Waals surface area contributed by atoms with Crippen molar-refractivity contribution in [2.75, 3.05) is 7.11 Å². The number of allylic oxidation sites excluding steroid dienone is 1. The van der Waals surface area contributed by atoms with E-state index in [1.54, 1.807) is 13.0 Å². The molecule has 4 rings (SSSR count). The van der Waals surface area contributed by atoms with Crippen molar-refractivity contribution < 1.29 is 24.2 Å². The van der Waals surface area contributed by atoms with E-state index in [-0.39, 0.29) is 23.8 Å². The van der Waals surface area contributed by atoms with Crippen molar-refractivity contribution in [1.29, 1.82) is 0 Å². The van der Waals surface area contributed by atoms with Gasteiger partial charge in [0, 0.05) is 16.4 Å². The fraction of sp³-hybridized carbons (Fsp3) is 0.769. The van der Waals surface area contributed by atoms with Crippen molar-refractivity contribution in [2.24, 2.45) is 28.1 Å². The van der Waals surface area contributed by atoms with Gasteiger partial charge in [0.05, 0.1) is 18.1 Å². The lowest BCUT2D eigenvalue weighted by molar-refractivity contribution is -0.278. The summed E-state index contributed by atoms with van der Waals surface area (Å²) in [4.78, 5) is 25.6. The topological polar surface area (TPSA) is 72.8 Å². The van der Waals surface area contributed by atoms with Gasteiger partial charge >= 0.3 is 11.9 Å². The van der Waals surface area contributed by atoms with Gasteiger partial charge in [-0.2, -0.15) is 0 Å². The van der Waals surface area contributed by atoms with Crippen LogP contribution in [0, 0.1) is 28.1 Å². The zero-order valence-corrected chi connectivity index (χ0v) is 19.8. The first-order valence-electron chi connectivity index (χ1n) is 11.8. The van der Waals surface area contributed by atoms with E-state index in [4.69, 9.17) is 9.47 Å². The van der Waals surface area contributed by atoms with E-state index >= 15 is 0 Å². The third kappa shape index (κ3) is 2.71. The molecule has 0 aromatic rings. The lowest BCUT2D eigenvalue weighted by Crippen LogP contribution is -2.71. The van der Waals surface area contributed by atoms with Gasteiger partial charge in [0.15, 0.2) is 0 Å². The molecule has 4 aliphatic carbocycles. The van der Waals surface area contributed by atoms with Gasteiger partial charge in [0.1, 0.15) is 6.10 Å². The molecule has 5 heteroatoms. The first kappa shape index (κ1) is 22.6. The number of carbonyl (C=O) groups is 2. The first-order valence-corrected chi connectivity index (χ1v) is 11.8. The Balaban J connectivity index is 1.79. The van der Waals surface area contributed by atoms with Crippen LogP contribution in [0.3, 0.4) is 0 Å². The molecular weight excluding hydrogens is 392 g/mol. The monoisotopic (exact) mass is 430 g/mol. The fourth-order valence-corrected chi connectivity index (χ4v) is 8.24. The zero-order chi connectivity index (χ0) is 22.8. The summed E-state index contributed by atoms with van der Waals surface area (Å²) in [7, 11) is 1.46. The molecule has 1 N–H and O–H groups in total. The molecule has 0 aromatic heterocycles. The number of ether oxygens (including phenoxy) is 2. The predicted molar refractivity (Wildman–Crippen MR) is 118 cm³/mol. The number of hydrogen-bond donors (Lipinski definition) is 1. The van der Waals surface area contributed by atoms with Crippen LogP contribution in [-0.2, 0) is 19.1 Å². The Labute approximate surface area is 186 Å². The van der Waals surface area contributed by atoms with Gasteiger partial charge in [-0.05, 0) is 83.1 Å². The second-order valence-corrected chi connectivity index (χ2v) is 11.1. The highest BCUT2D eigenvalue weighted by atomic mass is 16.5. The van der Waals surface area contributed by atoms with Crippen LogP contribution in [0.4, 0.5) is 0 Å². The minimum Gasteiger partial charge on any atom is -0.469 e. The summed E-state index contributed by atoms with van der Waals surface area (Å²) in [6.07, 6.45) is 7.71. The second-order valence-electron chi connectivity index (χ2n) is 11.1. The van der Waals surface area contributed by atoms with Crippen LogP contribution in [0.5, 0.6) is 0 Å². The van der Waals surface area contributed by atoms with Gasteiger partial charge in [0.25, 0.3) is 0 Å². The Morgan fingerprint density at radius 3 is 2.52 bits per heavy atom. The second kappa shape index (κ2) is 7.19. The SMILES string of the molecule is C=C1[C@@H]2CC[C@]3(O)[C@@](CC[C@@H]4[C@](C)(C(=O)OC)CCC[C@]43C)(C2)[C@H]1OC(=O)/C(C)=C\C. The quantitative estimate of drug-likeness (QED) is 0.398. The molecule has 1 spiro atoms. The Morgan fingerprint density at radius 1 is 1.16 bits per heavy atom. The number of rotatable bonds is 3. The Kier molecular flexibility index (Phi) is 5.24. The van der Waals surface area contributed by atoms with Crippen molar-refractivity contribution >= 4 is 11.9 Å². The molecule has 7 atom stereocenters. The van der Waals surface area contributed by atoms with E-state index in [0.29, 0.717) is 12.0 Å². The molecule has 172 valence electrons. The molecule has 0 saturated heterocycles. The van der Waals surface area contributed by atoms with E-state index in [1.165, 1.54) is 7.11 Å². The Morgan fingerprint density at radius 2 is 1.87 bits per heavy atom. The van der Waals surface area contributed by atoms with E-state index in [9.17, 15) is 14.7 Å². The summed E-state index contributed by atoms with van der Waals surface area (Å²) in [6.45, 7) is 12.1. The minimum atomic E-state index is -1.01. The lowest BCUT2D eigenvalue weighted by atomic mass is 9.38. The lowest BCUT2D eigenvalue weighted by Gasteiger charge is -2.68. The normalized spacial score (nSPS) is 46.7. The van der Waals surface area contributed by atoms with Gasteiger partial charge in [0.2, 0.25) is 0 Å². The van der Waals surface area contributed by atoms with E-state index < -0.39 is 27.9 Å². The maximum Gasteiger partial charge on any atom is 0.333 e. The molecule has 0 aliphatic heterocycles. The number of methoxy groups -OCH3 is 1. The third-order valence-electron chi connectivity index (χ3n) is 10.0. The maximum absolute atomic E-state index is 12.9. The van der Waals surface area contributed by atoms with Crippen LogP contribution in [0.25, 0.3) is 0 Å². The van der Waals surface area contributed by atoms with Crippen molar-refractivity contribution in [3.8, 4) is 0 Å². The van der Waals surface area contributed by atoms with Gasteiger partial charge < -0.3 is 14.6 Å². The van der Waals surface area contributed by atoms with E-state index in [2.05, 4.69) is 13.5 Å². The number of esters is 2. The van der Waals surface area contributed by atoms with Gasteiger partial charge in [-0.3, -0.25) is 4.79 Å². The molecule has 4 saturated carbocycles. The predicted octanol–water partition coefficient (Wildman–Crippen LogP) is 4.73. The standard InChI is InChI=1S/C26H38O5/c1-7-16(2)21(27)31-20-17(3)18-9-14-26(29)24(5)12-8-11-23(4,22(28)30-6)19(24)10-13-25(20,26)15-18/h7,18-20,29H,3,8-15H2,1-2,4-6H3/b16-7-/t18-,19-,20+,23-,24-,25+,26-/m1/s1. The van der Waals surface area contributed by atoms with Gasteiger partial charge in [-0.15, -0.1) is 0 Å².